The van der Waals surface area contributed by atoms with E-state index >= 15 is 0 Å². The van der Waals surface area contributed by atoms with E-state index in [9.17, 15) is 8.00 Å². The summed E-state index contributed by atoms with van der Waals surface area (Å²) < 4.78 is 52.1. The molecule has 1 spiro atoms. The van der Waals surface area contributed by atoms with Crippen molar-refractivity contribution in [2.24, 2.45) is 11.3 Å². The van der Waals surface area contributed by atoms with Crippen molar-refractivity contribution in [1.82, 2.24) is 0 Å². The van der Waals surface area contributed by atoms with E-state index in [4.69, 9.17) is 23.2 Å². The molecule has 0 atom stereocenters. The molecule has 12 heteroatoms. The van der Waals surface area contributed by atoms with Gasteiger partial charge in [-0.05, 0) is 0 Å². The van der Waals surface area contributed by atoms with Crippen LogP contribution in [0.4, 0.5) is 0 Å². The van der Waals surface area contributed by atoms with Gasteiger partial charge in [-0.2, -0.15) is 0 Å². The van der Waals surface area contributed by atoms with Crippen LogP contribution in [0.2, 0.25) is 0 Å². The van der Waals surface area contributed by atoms with Crippen molar-refractivity contribution in [1.29, 1.82) is 0 Å². The molecule has 17 heavy (non-hydrogen) atoms. The zero-order valence-corrected chi connectivity index (χ0v) is 14.0. The van der Waals surface area contributed by atoms with Gasteiger partial charge in [0.05, 0.1) is 0 Å². The predicted octanol–water partition coefficient (Wildman–Crippen LogP) is -5.19. The topological polar surface area (TPSA) is 122 Å². The van der Waals surface area contributed by atoms with E-state index in [-0.39, 0.29) is 43.1 Å². The Morgan fingerprint density at radius 2 is 1.82 bits per heavy atom. The van der Waals surface area contributed by atoms with Crippen LogP contribution in [0.15, 0.2) is 0 Å². The molecule has 2 rings (SSSR count). The van der Waals surface area contributed by atoms with Crippen molar-refractivity contribution < 1.29 is 50.0 Å². The van der Waals surface area contributed by atoms with E-state index in [0.717, 1.165) is 0 Å². The van der Waals surface area contributed by atoms with E-state index in [1.165, 1.54) is 0 Å². The number of phosphoric acid groups is 1. The fourth-order valence-corrected chi connectivity index (χ4v) is 6.29. The molecule has 0 bridgehead atoms. The number of hydrogen-bond acceptors (Lipinski definition) is 9. The summed E-state index contributed by atoms with van der Waals surface area (Å²) >= 11 is -3.84. The second kappa shape index (κ2) is 5.28. The number of hydrogen-bond donors (Lipinski definition) is 1. The summed E-state index contributed by atoms with van der Waals surface area (Å²) in [5, 5.41) is 0. The molecule has 2 saturated heterocycles. The predicted molar refractivity (Wildman–Crippen MR) is 48.7 cm³/mol. The van der Waals surface area contributed by atoms with E-state index < -0.39 is 33.3 Å². The van der Waals surface area contributed by atoms with Gasteiger partial charge in [-0.15, -0.1) is 0 Å². The number of phosphoric ester groups is 1. The fraction of sp³-hybridized carbons (Fsp3) is 1.00. The molecule has 9 nitrogen and oxygen atoms in total. The molecule has 0 aromatic carbocycles. The van der Waals surface area contributed by atoms with Crippen molar-refractivity contribution >= 4 is 24.4 Å². The quantitative estimate of drug-likeness (QED) is 0.210. The Balaban J connectivity index is 1.95. The van der Waals surface area contributed by atoms with Crippen LogP contribution in [-0.4, -0.2) is 43.1 Å². The summed E-state index contributed by atoms with van der Waals surface area (Å²) in [4.78, 5) is 0. The Hall–Kier alpha value is 1.17. The molecule has 2 aliphatic rings. The maximum atomic E-state index is 11.7. The molecule has 2 heterocycles. The second-order valence-electron chi connectivity index (χ2n) is 3.64. The first-order valence-electron chi connectivity index (χ1n) is 4.56. The summed E-state index contributed by atoms with van der Waals surface area (Å²) in [6, 6.07) is 0. The van der Waals surface area contributed by atoms with Gasteiger partial charge >= 0.3 is 112 Å². The summed E-state index contributed by atoms with van der Waals surface area (Å²) in [7, 11) is -3.65. The molecule has 2 aliphatic heterocycles. The van der Waals surface area contributed by atoms with Gasteiger partial charge in [-0.1, -0.05) is 0 Å². The second-order valence-corrected chi connectivity index (χ2v) is 11.6. The standard InChI is InChI=1S/C5H10INO8P.Al.2H/c7-15-16(10)13-3-5(4-14-16)1-11-6(8,9)12-2-5;;;/h1-4,7H2;;;/q-1;+1;;. The van der Waals surface area contributed by atoms with Crippen LogP contribution in [0.1, 0.15) is 0 Å². The molecule has 2 N–H and O–H groups in total. The van der Waals surface area contributed by atoms with Gasteiger partial charge in [0.15, 0.2) is 0 Å². The van der Waals surface area contributed by atoms with Gasteiger partial charge in [-0.3, -0.25) is 0 Å². The summed E-state index contributed by atoms with van der Waals surface area (Å²) in [5.41, 5.74) is -0.649. The molecular weight excluding hydrogens is 387 g/mol. The van der Waals surface area contributed by atoms with Gasteiger partial charge in [0.2, 0.25) is 0 Å². The number of halogens is 1. The van der Waals surface area contributed by atoms with Crippen molar-refractivity contribution in [3.8, 4) is 0 Å². The minimum absolute atomic E-state index is 0.0275. The van der Waals surface area contributed by atoms with Crippen LogP contribution in [0.3, 0.4) is 0 Å². The molecule has 0 aromatic heterocycles. The Bertz CT molecular complexity index is 322. The molecule has 0 radical (unpaired) electrons. The monoisotopic (exact) mass is 399 g/mol. The summed E-state index contributed by atoms with van der Waals surface area (Å²) in [6.07, 6.45) is 0. The van der Waals surface area contributed by atoms with Crippen molar-refractivity contribution in [3.63, 3.8) is 0 Å². The number of rotatable bonds is 2. The van der Waals surface area contributed by atoms with Crippen LogP contribution in [0, 0.1) is 5.41 Å². The molecule has 100 valence electrons. The summed E-state index contributed by atoms with van der Waals surface area (Å²) in [6.45, 7) is 0.249. The van der Waals surface area contributed by atoms with Crippen LogP contribution in [0.5, 0.6) is 0 Å². The summed E-state index contributed by atoms with van der Waals surface area (Å²) in [5.74, 6) is 4.79. The molecule has 2 fully saturated rings. The van der Waals surface area contributed by atoms with E-state index in [1.807, 2.05) is 0 Å². The molecule has 0 aliphatic carbocycles. The Kier molecular flexibility index (Phi) is 4.53. The Morgan fingerprint density at radius 1 is 1.29 bits per heavy atom. The van der Waals surface area contributed by atoms with Gasteiger partial charge in [0.25, 0.3) is 0 Å². The molecular formula is C5H12AlINO8P. The first-order chi connectivity index (χ1) is 7.95. The average Bonchev–Trinajstić information content (AvgIpc) is 2.37. The van der Waals surface area contributed by atoms with Crippen LogP contribution >= 0.6 is 7.82 Å². The van der Waals surface area contributed by atoms with E-state index in [1.54, 1.807) is 0 Å². The fourth-order valence-electron chi connectivity index (χ4n) is 1.27. The Morgan fingerprint density at radius 3 is 2.24 bits per heavy atom. The van der Waals surface area contributed by atoms with E-state index in [0.29, 0.717) is 0 Å². The van der Waals surface area contributed by atoms with Gasteiger partial charge in [-0.25, -0.2) is 0 Å². The van der Waals surface area contributed by atoms with Gasteiger partial charge < -0.3 is 0 Å². The maximum absolute atomic E-state index is 11.7. The van der Waals surface area contributed by atoms with Gasteiger partial charge in [0.1, 0.15) is 0 Å². The van der Waals surface area contributed by atoms with Crippen molar-refractivity contribution in [2.45, 2.75) is 0 Å². The van der Waals surface area contributed by atoms with Gasteiger partial charge in [0, 0.05) is 0 Å². The van der Waals surface area contributed by atoms with Crippen LogP contribution in [0.25, 0.3) is 0 Å². The third-order valence-corrected chi connectivity index (χ3v) is 9.28. The number of nitrogens with two attached hydrogens (primary N) is 1. The zero-order chi connectivity index (χ0) is 12.6. The normalized spacial score (nSPS) is 50.9. The third-order valence-electron chi connectivity index (χ3n) is 2.36. The van der Waals surface area contributed by atoms with Crippen molar-refractivity contribution in [2.75, 3.05) is 26.4 Å². The van der Waals surface area contributed by atoms with E-state index in [2.05, 4.69) is 4.62 Å². The first kappa shape index (κ1) is 14.6. The van der Waals surface area contributed by atoms with Crippen molar-refractivity contribution in [3.05, 3.63) is 0 Å². The first-order valence-corrected chi connectivity index (χ1v) is 10.4. The molecule has 0 aromatic rings. The minimum atomic E-state index is -4.12. The average molecular weight is 399 g/mol. The third kappa shape index (κ3) is 3.20. The molecule has 0 amide bonds. The van der Waals surface area contributed by atoms with Crippen LogP contribution in [-0.2, 0) is 26.5 Å². The van der Waals surface area contributed by atoms with Crippen LogP contribution < -0.4 is 29.4 Å². The Labute approximate surface area is 112 Å². The molecule has 0 unspecified atom stereocenters. The zero-order valence-electron chi connectivity index (χ0n) is 9.00. The molecule has 0 saturated carbocycles. The SMILES string of the molecule is NOP1(=O)OCC2(CO1)CO[I+]([O-])([O][AlH2])OC2.